The highest BCUT2D eigenvalue weighted by Crippen LogP contribution is 2.05. The van der Waals surface area contributed by atoms with Gasteiger partial charge in [0, 0.05) is 5.69 Å². The zero-order chi connectivity index (χ0) is 12.0. The Balaban J connectivity index is 2.27. The molecule has 0 aliphatic rings. The lowest BCUT2D eigenvalue weighted by Crippen LogP contribution is -2.34. The number of hydrogen-bond donors (Lipinski definition) is 2. The summed E-state index contributed by atoms with van der Waals surface area (Å²) < 4.78 is 0. The normalized spacial score (nSPS) is 11.2. The molecule has 1 aromatic carbocycles. The van der Waals surface area contributed by atoms with E-state index < -0.39 is 0 Å². The number of carbonyl (C=O) groups is 1. The molecule has 0 bridgehead atoms. The van der Waals surface area contributed by atoms with Gasteiger partial charge in [0.05, 0.1) is 5.60 Å². The predicted molar refractivity (Wildman–Crippen MR) is 63.9 cm³/mol. The zero-order valence-electron chi connectivity index (χ0n) is 9.91. The van der Waals surface area contributed by atoms with Crippen LogP contribution in [-0.2, 0) is 9.63 Å². The van der Waals surface area contributed by atoms with Crippen LogP contribution in [0.5, 0.6) is 0 Å². The standard InChI is InChI=1S/C12H18N2O2/c1-12(2,3)16-13-9-11(15)14-10-7-5-4-6-8-10/h4-8,13H,9H2,1-3H3,(H,14,15). The molecule has 1 rings (SSSR count). The Kier molecular flexibility index (Phi) is 4.46. The van der Waals surface area contributed by atoms with Crippen molar-refractivity contribution in [2.45, 2.75) is 26.4 Å². The van der Waals surface area contributed by atoms with Crippen molar-refractivity contribution in [3.63, 3.8) is 0 Å². The lowest BCUT2D eigenvalue weighted by molar-refractivity contribution is -0.122. The Morgan fingerprint density at radius 1 is 1.25 bits per heavy atom. The van der Waals surface area contributed by atoms with Gasteiger partial charge in [0.25, 0.3) is 0 Å². The molecule has 4 nitrogen and oxygen atoms in total. The van der Waals surface area contributed by atoms with Crippen molar-refractivity contribution in [2.75, 3.05) is 11.9 Å². The second-order valence-corrected chi connectivity index (χ2v) is 4.45. The zero-order valence-corrected chi connectivity index (χ0v) is 9.91. The van der Waals surface area contributed by atoms with Gasteiger partial charge in [-0.1, -0.05) is 18.2 Å². The molecule has 0 aromatic heterocycles. The fraction of sp³-hybridized carbons (Fsp3) is 0.417. The van der Waals surface area contributed by atoms with E-state index in [1.807, 2.05) is 51.1 Å². The highest BCUT2D eigenvalue weighted by atomic mass is 16.7. The lowest BCUT2D eigenvalue weighted by Gasteiger charge is -2.19. The van der Waals surface area contributed by atoms with Crippen LogP contribution in [0.25, 0.3) is 0 Å². The minimum atomic E-state index is -0.299. The van der Waals surface area contributed by atoms with Crippen LogP contribution < -0.4 is 10.8 Å². The second kappa shape index (κ2) is 5.63. The second-order valence-electron chi connectivity index (χ2n) is 4.45. The van der Waals surface area contributed by atoms with E-state index in [1.165, 1.54) is 0 Å². The summed E-state index contributed by atoms with van der Waals surface area (Å²) in [5.74, 6) is -0.129. The van der Waals surface area contributed by atoms with Gasteiger partial charge in [0.2, 0.25) is 5.91 Å². The van der Waals surface area contributed by atoms with E-state index in [0.717, 1.165) is 5.69 Å². The minimum absolute atomic E-state index is 0.129. The summed E-state index contributed by atoms with van der Waals surface area (Å²) >= 11 is 0. The van der Waals surface area contributed by atoms with Gasteiger partial charge in [-0.05, 0) is 32.9 Å². The Morgan fingerprint density at radius 3 is 2.44 bits per heavy atom. The molecule has 0 aliphatic carbocycles. The Labute approximate surface area is 95.9 Å². The summed E-state index contributed by atoms with van der Waals surface area (Å²) in [6.45, 7) is 5.87. The molecular formula is C12H18N2O2. The van der Waals surface area contributed by atoms with Crippen molar-refractivity contribution in [2.24, 2.45) is 0 Å². The van der Waals surface area contributed by atoms with Gasteiger partial charge < -0.3 is 5.32 Å². The van der Waals surface area contributed by atoms with Crippen molar-refractivity contribution in [1.82, 2.24) is 5.48 Å². The van der Waals surface area contributed by atoms with E-state index >= 15 is 0 Å². The van der Waals surface area contributed by atoms with Crippen LogP contribution in [0.4, 0.5) is 5.69 Å². The van der Waals surface area contributed by atoms with E-state index in [9.17, 15) is 4.79 Å². The number of hydroxylamine groups is 1. The SMILES string of the molecule is CC(C)(C)ONCC(=O)Nc1ccccc1. The highest BCUT2D eigenvalue weighted by Gasteiger charge is 2.11. The van der Waals surface area contributed by atoms with Crippen molar-refractivity contribution in [1.29, 1.82) is 0 Å². The van der Waals surface area contributed by atoms with Gasteiger partial charge in [0.15, 0.2) is 0 Å². The Morgan fingerprint density at radius 2 is 1.88 bits per heavy atom. The van der Waals surface area contributed by atoms with Gasteiger partial charge in [-0.15, -0.1) is 0 Å². The summed E-state index contributed by atoms with van der Waals surface area (Å²) in [6, 6.07) is 9.31. The molecule has 0 saturated carbocycles. The monoisotopic (exact) mass is 222 g/mol. The number of carbonyl (C=O) groups excluding carboxylic acids is 1. The summed E-state index contributed by atoms with van der Waals surface area (Å²) in [5, 5.41) is 2.75. The fourth-order valence-electron chi connectivity index (χ4n) is 1.04. The number of anilines is 1. The van der Waals surface area contributed by atoms with Crippen LogP contribution in [-0.4, -0.2) is 18.1 Å². The van der Waals surface area contributed by atoms with Gasteiger partial charge in [-0.2, -0.15) is 5.48 Å². The van der Waals surface area contributed by atoms with Crippen molar-refractivity contribution < 1.29 is 9.63 Å². The first kappa shape index (κ1) is 12.7. The Bertz CT molecular complexity index is 331. The maximum Gasteiger partial charge on any atom is 0.240 e. The molecule has 0 heterocycles. The van der Waals surface area contributed by atoms with E-state index in [-0.39, 0.29) is 18.1 Å². The number of nitrogens with one attached hydrogen (secondary N) is 2. The van der Waals surface area contributed by atoms with Crippen LogP contribution >= 0.6 is 0 Å². The van der Waals surface area contributed by atoms with Crippen molar-refractivity contribution >= 4 is 11.6 Å². The fourth-order valence-corrected chi connectivity index (χ4v) is 1.04. The van der Waals surface area contributed by atoms with E-state index in [0.29, 0.717) is 0 Å². The predicted octanol–water partition coefficient (Wildman–Crippen LogP) is 1.94. The number of rotatable bonds is 4. The molecule has 0 atom stereocenters. The first-order valence-electron chi connectivity index (χ1n) is 5.23. The quantitative estimate of drug-likeness (QED) is 0.765. The molecule has 16 heavy (non-hydrogen) atoms. The number of para-hydroxylation sites is 1. The average Bonchev–Trinajstić information content (AvgIpc) is 2.17. The molecule has 1 amide bonds. The topological polar surface area (TPSA) is 50.4 Å². The maximum absolute atomic E-state index is 11.4. The first-order chi connectivity index (χ1) is 7.47. The van der Waals surface area contributed by atoms with Crippen molar-refractivity contribution in [3.8, 4) is 0 Å². The molecule has 88 valence electrons. The molecule has 0 unspecified atom stereocenters. The summed E-state index contributed by atoms with van der Waals surface area (Å²) in [6.07, 6.45) is 0. The summed E-state index contributed by atoms with van der Waals surface area (Å²) in [5.41, 5.74) is 3.12. The van der Waals surface area contributed by atoms with E-state index in [2.05, 4.69) is 10.8 Å². The number of benzene rings is 1. The molecular weight excluding hydrogens is 204 g/mol. The van der Waals surface area contributed by atoms with Crippen LogP contribution in [0.3, 0.4) is 0 Å². The van der Waals surface area contributed by atoms with Crippen LogP contribution in [0, 0.1) is 0 Å². The molecule has 4 heteroatoms. The lowest BCUT2D eigenvalue weighted by atomic mass is 10.2. The third-order valence-electron chi connectivity index (χ3n) is 1.67. The number of amides is 1. The van der Waals surface area contributed by atoms with Crippen LogP contribution in [0.1, 0.15) is 20.8 Å². The van der Waals surface area contributed by atoms with E-state index in [1.54, 1.807) is 0 Å². The van der Waals surface area contributed by atoms with E-state index in [4.69, 9.17) is 4.84 Å². The summed E-state index contributed by atoms with van der Waals surface area (Å²) in [4.78, 5) is 16.7. The third-order valence-corrected chi connectivity index (χ3v) is 1.67. The van der Waals surface area contributed by atoms with Crippen LogP contribution in [0.15, 0.2) is 30.3 Å². The van der Waals surface area contributed by atoms with Gasteiger partial charge in [0.1, 0.15) is 6.54 Å². The van der Waals surface area contributed by atoms with Crippen LogP contribution in [0.2, 0.25) is 0 Å². The molecule has 0 spiro atoms. The largest absolute Gasteiger partial charge is 0.325 e. The third kappa shape index (κ3) is 5.48. The smallest absolute Gasteiger partial charge is 0.240 e. The molecule has 0 saturated heterocycles. The maximum atomic E-state index is 11.4. The molecule has 0 radical (unpaired) electrons. The van der Waals surface area contributed by atoms with Gasteiger partial charge in [-0.25, -0.2) is 0 Å². The Hall–Kier alpha value is -1.39. The van der Waals surface area contributed by atoms with Gasteiger partial charge in [-0.3, -0.25) is 9.63 Å². The summed E-state index contributed by atoms with van der Waals surface area (Å²) in [7, 11) is 0. The molecule has 0 aliphatic heterocycles. The van der Waals surface area contributed by atoms with Crippen molar-refractivity contribution in [3.05, 3.63) is 30.3 Å². The average molecular weight is 222 g/mol. The molecule has 2 N–H and O–H groups in total. The highest BCUT2D eigenvalue weighted by molar-refractivity contribution is 5.92. The minimum Gasteiger partial charge on any atom is -0.325 e. The van der Waals surface area contributed by atoms with Gasteiger partial charge >= 0.3 is 0 Å². The first-order valence-corrected chi connectivity index (χ1v) is 5.23. The molecule has 0 fully saturated rings. The molecule has 1 aromatic rings. The number of hydrogen-bond acceptors (Lipinski definition) is 3.